The molecule has 0 aliphatic carbocycles. The van der Waals surface area contributed by atoms with Gasteiger partial charge in [-0.25, -0.2) is 9.97 Å². The van der Waals surface area contributed by atoms with Crippen molar-refractivity contribution in [2.24, 2.45) is 5.73 Å². The number of carbonyl (C=O) groups is 1. The van der Waals surface area contributed by atoms with Crippen molar-refractivity contribution in [3.05, 3.63) is 18.1 Å². The largest absolute Gasteiger partial charge is 0.481 e. The highest BCUT2D eigenvalue weighted by Gasteiger charge is 2.13. The van der Waals surface area contributed by atoms with Gasteiger partial charge in [-0.15, -0.1) is 0 Å². The van der Waals surface area contributed by atoms with E-state index in [0.717, 1.165) is 0 Å². The zero-order chi connectivity index (χ0) is 10.6. The number of methoxy groups -OCH3 is 1. The Hall–Kier alpha value is -1.69. The molecule has 0 spiro atoms. The lowest BCUT2D eigenvalue weighted by atomic mass is 10.1. The van der Waals surface area contributed by atoms with Crippen molar-refractivity contribution >= 4 is 5.97 Å². The average molecular weight is 197 g/mol. The molecule has 0 aliphatic heterocycles. The van der Waals surface area contributed by atoms with E-state index in [9.17, 15) is 4.79 Å². The summed E-state index contributed by atoms with van der Waals surface area (Å²) in [7, 11) is 1.48. The topological polar surface area (TPSA) is 98.3 Å². The SMILES string of the molecule is COc1cc(CC(N)C(=O)O)ncn1. The van der Waals surface area contributed by atoms with Gasteiger partial charge in [0.05, 0.1) is 7.11 Å². The quantitative estimate of drug-likeness (QED) is 0.671. The zero-order valence-electron chi connectivity index (χ0n) is 7.67. The van der Waals surface area contributed by atoms with Crippen molar-refractivity contribution < 1.29 is 14.6 Å². The maximum absolute atomic E-state index is 10.5. The lowest BCUT2D eigenvalue weighted by molar-refractivity contribution is -0.138. The molecule has 0 bridgehead atoms. The Kier molecular flexibility index (Phi) is 3.35. The van der Waals surface area contributed by atoms with E-state index in [0.29, 0.717) is 11.6 Å². The maximum atomic E-state index is 10.5. The van der Waals surface area contributed by atoms with Gasteiger partial charge in [-0.1, -0.05) is 0 Å². The van der Waals surface area contributed by atoms with Gasteiger partial charge < -0.3 is 15.6 Å². The Morgan fingerprint density at radius 1 is 1.71 bits per heavy atom. The molecule has 1 unspecified atom stereocenters. The summed E-state index contributed by atoms with van der Waals surface area (Å²) in [5.41, 5.74) is 5.89. The summed E-state index contributed by atoms with van der Waals surface area (Å²) in [5.74, 6) is -0.657. The Balaban J connectivity index is 2.71. The van der Waals surface area contributed by atoms with Gasteiger partial charge in [0.15, 0.2) is 0 Å². The van der Waals surface area contributed by atoms with E-state index in [4.69, 9.17) is 15.6 Å². The van der Waals surface area contributed by atoms with Gasteiger partial charge in [-0.2, -0.15) is 0 Å². The van der Waals surface area contributed by atoms with E-state index >= 15 is 0 Å². The molecular weight excluding hydrogens is 186 g/mol. The molecule has 76 valence electrons. The maximum Gasteiger partial charge on any atom is 0.320 e. The van der Waals surface area contributed by atoms with Crippen molar-refractivity contribution in [1.82, 2.24) is 9.97 Å². The van der Waals surface area contributed by atoms with Crippen LogP contribution in [-0.2, 0) is 11.2 Å². The lowest BCUT2D eigenvalue weighted by Crippen LogP contribution is -2.32. The van der Waals surface area contributed by atoms with Gasteiger partial charge in [0.25, 0.3) is 0 Å². The number of carboxylic acids is 1. The second kappa shape index (κ2) is 4.52. The van der Waals surface area contributed by atoms with Crippen LogP contribution in [0, 0.1) is 0 Å². The van der Waals surface area contributed by atoms with Crippen LogP contribution < -0.4 is 10.5 Å². The number of carboxylic acid groups (broad SMARTS) is 1. The molecule has 0 radical (unpaired) electrons. The molecular formula is C8H11N3O3. The summed E-state index contributed by atoms with van der Waals surface area (Å²) in [6.45, 7) is 0. The summed E-state index contributed by atoms with van der Waals surface area (Å²) >= 11 is 0. The van der Waals surface area contributed by atoms with Crippen LogP contribution in [0.1, 0.15) is 5.69 Å². The number of nitrogens with two attached hydrogens (primary N) is 1. The third-order valence-electron chi connectivity index (χ3n) is 1.65. The monoisotopic (exact) mass is 197 g/mol. The molecule has 1 atom stereocenters. The number of nitrogens with zero attached hydrogens (tertiary/aromatic N) is 2. The van der Waals surface area contributed by atoms with E-state index in [1.807, 2.05) is 0 Å². The first kappa shape index (κ1) is 10.4. The van der Waals surface area contributed by atoms with E-state index in [-0.39, 0.29) is 6.42 Å². The molecule has 1 heterocycles. The molecule has 14 heavy (non-hydrogen) atoms. The van der Waals surface area contributed by atoms with Crippen LogP contribution in [0.15, 0.2) is 12.4 Å². The van der Waals surface area contributed by atoms with Crippen molar-refractivity contribution in [2.75, 3.05) is 7.11 Å². The fraction of sp³-hybridized carbons (Fsp3) is 0.375. The number of ether oxygens (including phenoxy) is 1. The fourth-order valence-electron chi connectivity index (χ4n) is 0.913. The van der Waals surface area contributed by atoms with Crippen molar-refractivity contribution in [1.29, 1.82) is 0 Å². The van der Waals surface area contributed by atoms with Crippen LogP contribution in [0.4, 0.5) is 0 Å². The van der Waals surface area contributed by atoms with E-state index in [1.165, 1.54) is 13.4 Å². The predicted octanol–water partition coefficient (Wildman–Crippen LogP) is -0.560. The minimum atomic E-state index is -1.05. The molecule has 1 rings (SSSR count). The van der Waals surface area contributed by atoms with E-state index in [1.54, 1.807) is 6.07 Å². The third kappa shape index (κ3) is 2.67. The molecule has 1 aromatic heterocycles. The van der Waals surface area contributed by atoms with Crippen LogP contribution in [0.2, 0.25) is 0 Å². The van der Waals surface area contributed by atoms with Gasteiger partial charge in [0.2, 0.25) is 5.88 Å². The van der Waals surface area contributed by atoms with Crippen molar-refractivity contribution in [2.45, 2.75) is 12.5 Å². The number of aliphatic carboxylic acids is 1. The molecule has 0 saturated heterocycles. The number of rotatable bonds is 4. The zero-order valence-corrected chi connectivity index (χ0v) is 7.67. The van der Waals surface area contributed by atoms with Gasteiger partial charge in [0, 0.05) is 18.2 Å². The molecule has 0 saturated carbocycles. The van der Waals surface area contributed by atoms with Crippen LogP contribution in [0.3, 0.4) is 0 Å². The molecule has 0 aromatic carbocycles. The fourth-order valence-corrected chi connectivity index (χ4v) is 0.913. The normalized spacial score (nSPS) is 12.1. The Morgan fingerprint density at radius 2 is 2.43 bits per heavy atom. The van der Waals surface area contributed by atoms with Gasteiger partial charge in [0.1, 0.15) is 12.4 Å². The Bertz CT molecular complexity index is 329. The third-order valence-corrected chi connectivity index (χ3v) is 1.65. The minimum Gasteiger partial charge on any atom is -0.481 e. The number of aromatic nitrogens is 2. The van der Waals surface area contributed by atoms with Crippen LogP contribution in [-0.4, -0.2) is 34.2 Å². The first-order valence-corrected chi connectivity index (χ1v) is 3.96. The van der Waals surface area contributed by atoms with Crippen LogP contribution >= 0.6 is 0 Å². The molecule has 1 aromatic rings. The van der Waals surface area contributed by atoms with Crippen LogP contribution in [0.5, 0.6) is 5.88 Å². The molecule has 3 N–H and O–H groups in total. The van der Waals surface area contributed by atoms with Crippen LogP contribution in [0.25, 0.3) is 0 Å². The summed E-state index contributed by atoms with van der Waals surface area (Å²) in [5, 5.41) is 8.57. The van der Waals surface area contributed by atoms with Gasteiger partial charge in [-0.05, 0) is 0 Å². The van der Waals surface area contributed by atoms with E-state index in [2.05, 4.69) is 9.97 Å². The highest BCUT2D eigenvalue weighted by Crippen LogP contribution is 2.07. The molecule has 0 fully saturated rings. The number of hydrogen-bond acceptors (Lipinski definition) is 5. The molecule has 6 heteroatoms. The second-order valence-corrected chi connectivity index (χ2v) is 2.70. The summed E-state index contributed by atoms with van der Waals surface area (Å²) in [4.78, 5) is 18.1. The minimum absolute atomic E-state index is 0.161. The van der Waals surface area contributed by atoms with E-state index < -0.39 is 12.0 Å². The van der Waals surface area contributed by atoms with Crippen molar-refractivity contribution in [3.63, 3.8) is 0 Å². The molecule has 6 nitrogen and oxygen atoms in total. The van der Waals surface area contributed by atoms with Crippen molar-refractivity contribution in [3.8, 4) is 5.88 Å². The standard InChI is InChI=1S/C8H11N3O3/c1-14-7-3-5(10-4-11-7)2-6(9)8(12)13/h3-4,6H,2,9H2,1H3,(H,12,13). The molecule has 0 amide bonds. The first-order chi connectivity index (χ1) is 6.63. The average Bonchev–Trinajstić information content (AvgIpc) is 2.18. The molecule has 0 aliphatic rings. The van der Waals surface area contributed by atoms with Gasteiger partial charge in [-0.3, -0.25) is 4.79 Å². The number of hydrogen-bond donors (Lipinski definition) is 2. The summed E-state index contributed by atoms with van der Waals surface area (Å²) < 4.78 is 4.86. The first-order valence-electron chi connectivity index (χ1n) is 3.96. The lowest BCUT2D eigenvalue weighted by Gasteiger charge is -2.05. The highest BCUT2D eigenvalue weighted by atomic mass is 16.5. The Morgan fingerprint density at radius 3 is 3.00 bits per heavy atom. The summed E-state index contributed by atoms with van der Waals surface area (Å²) in [6.07, 6.45) is 1.47. The summed E-state index contributed by atoms with van der Waals surface area (Å²) in [6, 6.07) is 0.609. The smallest absolute Gasteiger partial charge is 0.320 e. The predicted molar refractivity (Wildman–Crippen MR) is 47.9 cm³/mol. The Labute approximate surface area is 80.7 Å². The highest BCUT2D eigenvalue weighted by molar-refractivity contribution is 5.73. The van der Waals surface area contributed by atoms with Gasteiger partial charge >= 0.3 is 5.97 Å². The second-order valence-electron chi connectivity index (χ2n) is 2.70.